The third kappa shape index (κ3) is 3.56. The van der Waals surface area contributed by atoms with Crippen LogP contribution in [0.2, 0.25) is 0 Å². The van der Waals surface area contributed by atoms with E-state index in [0.29, 0.717) is 12.2 Å². The summed E-state index contributed by atoms with van der Waals surface area (Å²) in [6, 6.07) is 1.68. The van der Waals surface area contributed by atoms with Gasteiger partial charge in [-0.2, -0.15) is 5.10 Å². The van der Waals surface area contributed by atoms with Crippen LogP contribution in [0.3, 0.4) is 0 Å². The Morgan fingerprint density at radius 1 is 1.47 bits per heavy atom. The molecule has 0 saturated heterocycles. The Balaban J connectivity index is 3.11. The maximum absolute atomic E-state index is 12.2. The Hall–Kier alpha value is -1.37. The van der Waals surface area contributed by atoms with Gasteiger partial charge in [-0.1, -0.05) is 13.8 Å². The van der Waals surface area contributed by atoms with Crippen molar-refractivity contribution >= 4 is 15.8 Å². The molecule has 0 aromatic carbocycles. The second kappa shape index (κ2) is 5.73. The molecule has 0 spiro atoms. The fourth-order valence-corrected chi connectivity index (χ4v) is 4.10. The SMILES string of the molecule is CCn1nc(C)cc1CS(=O)(=O)C(C(=O)O)C(C)C. The molecule has 0 amide bonds. The van der Waals surface area contributed by atoms with Crippen molar-refractivity contribution in [2.45, 2.75) is 45.2 Å². The van der Waals surface area contributed by atoms with Gasteiger partial charge in [-0.05, 0) is 25.8 Å². The Bertz CT molecular complexity index is 560. The Labute approximate surface area is 113 Å². The summed E-state index contributed by atoms with van der Waals surface area (Å²) in [5, 5.41) is 11.9. The molecule has 6 nitrogen and oxygen atoms in total. The molecule has 7 heteroatoms. The van der Waals surface area contributed by atoms with E-state index in [4.69, 9.17) is 5.11 Å². The van der Waals surface area contributed by atoms with Crippen LogP contribution >= 0.6 is 0 Å². The zero-order valence-electron chi connectivity index (χ0n) is 11.6. The van der Waals surface area contributed by atoms with E-state index in [1.807, 2.05) is 6.92 Å². The third-order valence-corrected chi connectivity index (χ3v) is 5.09. The lowest BCUT2D eigenvalue weighted by Crippen LogP contribution is -2.36. The van der Waals surface area contributed by atoms with Crippen LogP contribution in [0.25, 0.3) is 0 Å². The van der Waals surface area contributed by atoms with Crippen LogP contribution in [0.15, 0.2) is 6.07 Å². The fraction of sp³-hybridized carbons (Fsp3) is 0.667. The van der Waals surface area contributed by atoms with Gasteiger partial charge in [0, 0.05) is 6.54 Å². The molecule has 108 valence electrons. The van der Waals surface area contributed by atoms with Crippen molar-refractivity contribution in [3.05, 3.63) is 17.5 Å². The van der Waals surface area contributed by atoms with Crippen LogP contribution in [0.4, 0.5) is 0 Å². The summed E-state index contributed by atoms with van der Waals surface area (Å²) in [6.07, 6.45) is 0. The highest BCUT2D eigenvalue weighted by Gasteiger charge is 2.36. The highest BCUT2D eigenvalue weighted by molar-refractivity contribution is 7.92. The van der Waals surface area contributed by atoms with Gasteiger partial charge in [0.25, 0.3) is 0 Å². The van der Waals surface area contributed by atoms with Crippen LogP contribution in [0, 0.1) is 12.8 Å². The molecule has 0 aliphatic heterocycles. The van der Waals surface area contributed by atoms with Gasteiger partial charge in [0.15, 0.2) is 15.1 Å². The molecule has 0 saturated carbocycles. The first-order valence-electron chi connectivity index (χ1n) is 6.16. The fourth-order valence-electron chi connectivity index (χ4n) is 2.14. The number of aryl methyl sites for hydroxylation is 2. The van der Waals surface area contributed by atoms with Crippen LogP contribution in [-0.4, -0.2) is 34.5 Å². The van der Waals surface area contributed by atoms with Crippen LogP contribution in [0.1, 0.15) is 32.2 Å². The van der Waals surface area contributed by atoms with Crippen molar-refractivity contribution in [2.24, 2.45) is 5.92 Å². The molecule has 1 N–H and O–H groups in total. The summed E-state index contributed by atoms with van der Waals surface area (Å²) in [6.45, 7) is 7.38. The second-order valence-electron chi connectivity index (χ2n) is 4.90. The minimum absolute atomic E-state index is 0.295. The number of aromatic nitrogens is 2. The van der Waals surface area contributed by atoms with Gasteiger partial charge in [-0.15, -0.1) is 0 Å². The van der Waals surface area contributed by atoms with Crippen molar-refractivity contribution in [3.63, 3.8) is 0 Å². The van der Waals surface area contributed by atoms with E-state index in [9.17, 15) is 13.2 Å². The lowest BCUT2D eigenvalue weighted by molar-refractivity contribution is -0.137. The molecule has 0 bridgehead atoms. The van der Waals surface area contributed by atoms with E-state index in [-0.39, 0.29) is 5.75 Å². The predicted octanol–water partition coefficient (Wildman–Crippen LogP) is 1.24. The molecule has 0 radical (unpaired) electrons. The molecule has 1 aromatic rings. The average molecular weight is 288 g/mol. The van der Waals surface area contributed by atoms with Gasteiger partial charge in [-0.25, -0.2) is 8.42 Å². The van der Waals surface area contributed by atoms with Gasteiger partial charge in [0.05, 0.1) is 17.1 Å². The van der Waals surface area contributed by atoms with Gasteiger partial charge < -0.3 is 5.11 Å². The first-order chi connectivity index (χ1) is 8.69. The number of carboxylic acids is 1. The molecule has 1 rings (SSSR count). The summed E-state index contributed by atoms with van der Waals surface area (Å²) in [5.74, 6) is -2.06. The Morgan fingerprint density at radius 2 is 2.05 bits per heavy atom. The van der Waals surface area contributed by atoms with E-state index in [1.165, 1.54) is 0 Å². The van der Waals surface area contributed by atoms with E-state index >= 15 is 0 Å². The molecule has 19 heavy (non-hydrogen) atoms. The molecular weight excluding hydrogens is 268 g/mol. The number of hydrogen-bond donors (Lipinski definition) is 1. The molecule has 1 atom stereocenters. The molecule has 1 unspecified atom stereocenters. The molecule has 0 aliphatic rings. The standard InChI is InChI=1S/C12H20N2O4S/c1-5-14-10(6-9(4)13-14)7-19(17,18)11(8(2)3)12(15)16/h6,8,11H,5,7H2,1-4H3,(H,15,16). The maximum Gasteiger partial charge on any atom is 0.322 e. The first-order valence-corrected chi connectivity index (χ1v) is 7.88. The lowest BCUT2D eigenvalue weighted by atomic mass is 10.1. The molecule has 1 heterocycles. The number of rotatable bonds is 6. The lowest BCUT2D eigenvalue weighted by Gasteiger charge is -2.17. The monoisotopic (exact) mass is 288 g/mol. The number of hydrogen-bond acceptors (Lipinski definition) is 4. The van der Waals surface area contributed by atoms with Gasteiger partial charge >= 0.3 is 5.97 Å². The normalized spacial score (nSPS) is 13.7. The summed E-state index contributed by atoms with van der Waals surface area (Å²) in [5.41, 5.74) is 1.26. The third-order valence-electron chi connectivity index (χ3n) is 2.87. The van der Waals surface area contributed by atoms with Gasteiger partial charge in [-0.3, -0.25) is 9.48 Å². The largest absolute Gasteiger partial charge is 0.480 e. The molecule has 0 fully saturated rings. The summed E-state index contributed by atoms with van der Waals surface area (Å²) in [4.78, 5) is 11.1. The summed E-state index contributed by atoms with van der Waals surface area (Å²) < 4.78 is 26.1. The van der Waals surface area contributed by atoms with Gasteiger partial charge in [0.2, 0.25) is 0 Å². The van der Waals surface area contributed by atoms with E-state index in [1.54, 1.807) is 31.5 Å². The van der Waals surface area contributed by atoms with E-state index < -0.39 is 27.0 Å². The first kappa shape index (κ1) is 15.7. The highest BCUT2D eigenvalue weighted by Crippen LogP contribution is 2.19. The number of aliphatic carboxylic acids is 1. The van der Waals surface area contributed by atoms with E-state index in [2.05, 4.69) is 5.10 Å². The van der Waals surface area contributed by atoms with Crippen molar-refractivity contribution in [1.29, 1.82) is 0 Å². The number of nitrogens with zero attached hydrogens (tertiary/aromatic N) is 2. The zero-order valence-corrected chi connectivity index (χ0v) is 12.4. The number of sulfone groups is 1. The average Bonchev–Trinajstić information content (AvgIpc) is 2.55. The van der Waals surface area contributed by atoms with Crippen molar-refractivity contribution in [2.75, 3.05) is 0 Å². The number of carbonyl (C=O) groups is 1. The minimum Gasteiger partial charge on any atom is -0.480 e. The van der Waals surface area contributed by atoms with Crippen molar-refractivity contribution in [1.82, 2.24) is 9.78 Å². The molecule has 0 aliphatic carbocycles. The topological polar surface area (TPSA) is 89.3 Å². The molecule has 1 aromatic heterocycles. The summed E-state index contributed by atoms with van der Waals surface area (Å²) >= 11 is 0. The highest BCUT2D eigenvalue weighted by atomic mass is 32.2. The smallest absolute Gasteiger partial charge is 0.322 e. The quantitative estimate of drug-likeness (QED) is 0.850. The van der Waals surface area contributed by atoms with Gasteiger partial charge in [0.1, 0.15) is 0 Å². The molecular formula is C12H20N2O4S. The second-order valence-corrected chi connectivity index (χ2v) is 7.03. The maximum atomic E-state index is 12.2. The minimum atomic E-state index is -3.75. The van der Waals surface area contributed by atoms with Crippen LogP contribution in [0.5, 0.6) is 0 Å². The summed E-state index contributed by atoms with van der Waals surface area (Å²) in [7, 11) is -3.75. The van der Waals surface area contributed by atoms with Crippen molar-refractivity contribution < 1.29 is 18.3 Å². The predicted molar refractivity (Wildman–Crippen MR) is 71.5 cm³/mol. The van der Waals surface area contributed by atoms with Crippen molar-refractivity contribution in [3.8, 4) is 0 Å². The zero-order chi connectivity index (χ0) is 14.8. The Kier molecular flexibility index (Phi) is 4.73. The van der Waals surface area contributed by atoms with Crippen LogP contribution < -0.4 is 0 Å². The van der Waals surface area contributed by atoms with Crippen LogP contribution in [-0.2, 0) is 26.9 Å². The number of carboxylic acid groups (broad SMARTS) is 1. The Morgan fingerprint density at radius 3 is 2.47 bits per heavy atom. The van der Waals surface area contributed by atoms with E-state index in [0.717, 1.165) is 5.69 Å².